The highest BCUT2D eigenvalue weighted by molar-refractivity contribution is 6.00. The van der Waals surface area contributed by atoms with Gasteiger partial charge in [-0.2, -0.15) is 0 Å². The number of halogens is 1. The highest BCUT2D eigenvalue weighted by atomic mass is 19.1. The third-order valence-electron chi connectivity index (χ3n) is 9.18. The first-order valence-corrected chi connectivity index (χ1v) is 15.8. The van der Waals surface area contributed by atoms with Crippen molar-refractivity contribution < 1.29 is 33.0 Å². The maximum absolute atomic E-state index is 13.9. The summed E-state index contributed by atoms with van der Waals surface area (Å²) >= 11 is 0. The number of fused-ring (bicyclic) bond motifs is 4. The van der Waals surface area contributed by atoms with Crippen LogP contribution in [0, 0.1) is 11.7 Å². The van der Waals surface area contributed by atoms with E-state index in [1.807, 2.05) is 6.07 Å². The third-order valence-corrected chi connectivity index (χ3v) is 9.18. The van der Waals surface area contributed by atoms with E-state index >= 15 is 0 Å². The van der Waals surface area contributed by atoms with E-state index in [4.69, 9.17) is 14.2 Å². The molecule has 0 spiro atoms. The molecule has 4 atom stereocenters. The first-order chi connectivity index (χ1) is 21.4. The van der Waals surface area contributed by atoms with Gasteiger partial charge in [-0.15, -0.1) is 0 Å². The van der Waals surface area contributed by atoms with Crippen LogP contribution in [0.3, 0.4) is 0 Å². The topological polar surface area (TPSA) is 109 Å². The summed E-state index contributed by atoms with van der Waals surface area (Å²) in [5.41, 5.74) is 1.35. The van der Waals surface area contributed by atoms with Gasteiger partial charge >= 0.3 is 0 Å². The van der Waals surface area contributed by atoms with Gasteiger partial charge in [0.25, 0.3) is 5.91 Å². The fourth-order valence-corrected chi connectivity index (χ4v) is 6.63. The summed E-state index contributed by atoms with van der Waals surface area (Å²) in [5, 5.41) is 6.28. The number of ether oxygens (including phenoxy) is 3. The molecule has 6 rings (SSSR count). The Morgan fingerprint density at radius 1 is 0.955 bits per heavy atom. The Kier molecular flexibility index (Phi) is 9.73. The van der Waals surface area contributed by atoms with E-state index in [0.29, 0.717) is 76.6 Å². The molecular formula is C33H41FN4O6. The molecule has 10 nitrogen and oxygen atoms in total. The van der Waals surface area contributed by atoms with E-state index in [2.05, 4.69) is 15.5 Å². The number of carbonyl (C=O) groups is 3. The smallest absolute Gasteiger partial charge is 0.258 e. The summed E-state index contributed by atoms with van der Waals surface area (Å²) in [7, 11) is 0. The van der Waals surface area contributed by atoms with Crippen molar-refractivity contribution in [2.45, 2.75) is 62.9 Å². The van der Waals surface area contributed by atoms with Crippen LogP contribution in [-0.4, -0.2) is 97.8 Å². The second-order valence-electron chi connectivity index (χ2n) is 12.1. The molecule has 0 aliphatic carbocycles. The Labute approximate surface area is 257 Å². The van der Waals surface area contributed by atoms with Crippen LogP contribution in [0.1, 0.15) is 48.0 Å². The minimum absolute atomic E-state index is 0.00603. The molecule has 3 saturated heterocycles. The lowest BCUT2D eigenvalue weighted by atomic mass is 9.94. The van der Waals surface area contributed by atoms with Crippen molar-refractivity contribution in [1.82, 2.24) is 20.4 Å². The SMILES string of the molecule is O=C(N[C@@H]1CC[C@H]2CCOc3ccccc3C(=O)N3CCN(Cc4ccc(F)cc4)C[C@H]3C(=O)NC[C@H]1O2)C1CCOCC1. The molecule has 4 aliphatic heterocycles. The molecule has 0 aromatic heterocycles. The van der Waals surface area contributed by atoms with E-state index in [-0.39, 0.29) is 48.1 Å². The first kappa shape index (κ1) is 30.5. The first-order valence-electron chi connectivity index (χ1n) is 15.8. The summed E-state index contributed by atoms with van der Waals surface area (Å²) in [4.78, 5) is 44.7. The predicted molar refractivity (Wildman–Crippen MR) is 159 cm³/mol. The van der Waals surface area contributed by atoms with Crippen LogP contribution in [0.25, 0.3) is 0 Å². The number of nitrogens with zero attached hydrogens (tertiary/aromatic N) is 2. The molecule has 2 bridgehead atoms. The molecule has 236 valence electrons. The van der Waals surface area contributed by atoms with Crippen LogP contribution in [-0.2, 0) is 25.6 Å². The molecule has 2 aromatic carbocycles. The van der Waals surface area contributed by atoms with Gasteiger partial charge in [0.2, 0.25) is 11.8 Å². The lowest BCUT2D eigenvalue weighted by molar-refractivity contribution is -0.134. The fraction of sp³-hybridized carbons (Fsp3) is 0.545. The van der Waals surface area contributed by atoms with E-state index in [1.165, 1.54) is 12.1 Å². The second-order valence-corrected chi connectivity index (χ2v) is 12.1. The van der Waals surface area contributed by atoms with Crippen molar-refractivity contribution in [1.29, 1.82) is 0 Å². The lowest BCUT2D eigenvalue weighted by Gasteiger charge is -2.42. The van der Waals surface area contributed by atoms with E-state index < -0.39 is 12.1 Å². The van der Waals surface area contributed by atoms with Crippen molar-refractivity contribution in [3.63, 3.8) is 0 Å². The quantitative estimate of drug-likeness (QED) is 0.549. The minimum atomic E-state index is -0.762. The molecule has 0 unspecified atom stereocenters. The molecule has 4 aliphatic rings. The molecule has 0 radical (unpaired) electrons. The van der Waals surface area contributed by atoms with Gasteiger partial charge in [0.05, 0.1) is 30.4 Å². The average Bonchev–Trinajstić information content (AvgIpc) is 3.05. The van der Waals surface area contributed by atoms with Crippen molar-refractivity contribution in [2.24, 2.45) is 5.92 Å². The van der Waals surface area contributed by atoms with Crippen LogP contribution >= 0.6 is 0 Å². The van der Waals surface area contributed by atoms with Crippen LogP contribution in [0.2, 0.25) is 0 Å². The highest BCUT2D eigenvalue weighted by Gasteiger charge is 2.39. The molecule has 44 heavy (non-hydrogen) atoms. The fourth-order valence-electron chi connectivity index (χ4n) is 6.63. The zero-order chi connectivity index (χ0) is 30.5. The summed E-state index contributed by atoms with van der Waals surface area (Å²) in [5.74, 6) is -0.431. The molecule has 2 aromatic rings. The number of hydrogen-bond donors (Lipinski definition) is 2. The predicted octanol–water partition coefficient (Wildman–Crippen LogP) is 2.51. The Morgan fingerprint density at radius 2 is 1.75 bits per heavy atom. The number of piperazine rings is 1. The Morgan fingerprint density at radius 3 is 2.57 bits per heavy atom. The zero-order valence-corrected chi connectivity index (χ0v) is 24.9. The van der Waals surface area contributed by atoms with Gasteiger partial charge in [0.15, 0.2) is 0 Å². The molecule has 0 saturated carbocycles. The third kappa shape index (κ3) is 7.22. The molecule has 4 heterocycles. The van der Waals surface area contributed by atoms with Gasteiger partial charge in [0, 0.05) is 58.3 Å². The number of carbonyl (C=O) groups excluding carboxylic acids is 3. The van der Waals surface area contributed by atoms with Gasteiger partial charge in [-0.3, -0.25) is 19.3 Å². The standard InChI is InChI=1S/C33H41FN4O6/c34-24-7-5-22(6-8-24)20-37-14-15-38-28(21-37)32(40)35-19-30-27(36-31(39)23-11-16-42-17-12-23)10-9-25(44-30)13-18-43-29-4-2-1-3-26(29)33(38)41/h1-8,23,25,27-28,30H,9-21H2,(H,35,40)(H,36,39)/t25-,27+,28-,30+/m0/s1. The monoisotopic (exact) mass is 608 g/mol. The summed E-state index contributed by atoms with van der Waals surface area (Å²) < 4.78 is 31.5. The second kappa shape index (κ2) is 14.0. The van der Waals surface area contributed by atoms with Crippen molar-refractivity contribution in [2.75, 3.05) is 46.0 Å². The van der Waals surface area contributed by atoms with Crippen LogP contribution in [0.15, 0.2) is 48.5 Å². The lowest BCUT2D eigenvalue weighted by Crippen LogP contribution is -2.62. The molecule has 3 fully saturated rings. The number of rotatable bonds is 4. The van der Waals surface area contributed by atoms with Gasteiger partial charge in [-0.25, -0.2) is 4.39 Å². The number of amides is 3. The van der Waals surface area contributed by atoms with Crippen molar-refractivity contribution in [3.8, 4) is 5.75 Å². The summed E-state index contributed by atoms with van der Waals surface area (Å²) in [6.45, 7) is 3.50. The largest absolute Gasteiger partial charge is 0.493 e. The Hall–Kier alpha value is -3.54. The Bertz CT molecular complexity index is 1320. The molecule has 2 N–H and O–H groups in total. The van der Waals surface area contributed by atoms with Gasteiger partial charge in [-0.1, -0.05) is 24.3 Å². The zero-order valence-electron chi connectivity index (χ0n) is 24.9. The number of nitrogens with one attached hydrogen (secondary N) is 2. The van der Waals surface area contributed by atoms with Crippen LogP contribution < -0.4 is 15.4 Å². The van der Waals surface area contributed by atoms with E-state index in [1.54, 1.807) is 35.2 Å². The summed E-state index contributed by atoms with van der Waals surface area (Å²) in [6, 6.07) is 12.5. The van der Waals surface area contributed by atoms with Crippen LogP contribution in [0.4, 0.5) is 4.39 Å². The normalized spacial score (nSPS) is 27.2. The van der Waals surface area contributed by atoms with Crippen LogP contribution in [0.5, 0.6) is 5.75 Å². The van der Waals surface area contributed by atoms with Gasteiger partial charge in [-0.05, 0) is 55.5 Å². The highest BCUT2D eigenvalue weighted by Crippen LogP contribution is 2.27. The van der Waals surface area contributed by atoms with Gasteiger partial charge in [0.1, 0.15) is 17.6 Å². The number of hydrogen-bond acceptors (Lipinski definition) is 7. The maximum atomic E-state index is 13.9. The van der Waals surface area contributed by atoms with E-state index in [9.17, 15) is 18.8 Å². The molecule has 3 amide bonds. The van der Waals surface area contributed by atoms with E-state index in [0.717, 1.165) is 18.4 Å². The molecular weight excluding hydrogens is 567 g/mol. The summed E-state index contributed by atoms with van der Waals surface area (Å²) in [6.07, 6.45) is 2.98. The number of benzene rings is 2. The van der Waals surface area contributed by atoms with Gasteiger partial charge < -0.3 is 29.7 Å². The maximum Gasteiger partial charge on any atom is 0.258 e. The Balaban J connectivity index is 1.22. The average molecular weight is 609 g/mol. The number of para-hydroxylation sites is 1. The minimum Gasteiger partial charge on any atom is -0.493 e. The van der Waals surface area contributed by atoms with Crippen molar-refractivity contribution in [3.05, 3.63) is 65.5 Å². The molecule has 11 heteroatoms. The van der Waals surface area contributed by atoms with Crippen molar-refractivity contribution >= 4 is 17.7 Å².